The molecule has 0 spiro atoms. The summed E-state index contributed by atoms with van der Waals surface area (Å²) in [5, 5.41) is 3.71. The van der Waals surface area contributed by atoms with E-state index in [1.165, 1.54) is 19.0 Å². The zero-order chi connectivity index (χ0) is 10.5. The van der Waals surface area contributed by atoms with Crippen molar-refractivity contribution in [3.63, 3.8) is 0 Å². The molecular formula is C10H14ClN3O. The van der Waals surface area contributed by atoms with E-state index in [0.717, 1.165) is 13.1 Å². The molecule has 1 aromatic heterocycles. The summed E-state index contributed by atoms with van der Waals surface area (Å²) in [5.74, 6) is 1.08. The number of hydrogen-bond donors (Lipinski definition) is 1. The summed E-state index contributed by atoms with van der Waals surface area (Å²) in [6.45, 7) is 2.82. The van der Waals surface area contributed by atoms with Crippen LogP contribution in [0, 0.1) is 5.92 Å². The van der Waals surface area contributed by atoms with Gasteiger partial charge in [0.1, 0.15) is 0 Å². The summed E-state index contributed by atoms with van der Waals surface area (Å²) in [6.07, 6.45) is 5.51. The Balaban J connectivity index is 1.81. The van der Waals surface area contributed by atoms with Crippen LogP contribution in [-0.4, -0.2) is 29.7 Å². The Morgan fingerprint density at radius 3 is 3.20 bits per heavy atom. The normalized spacial score (nSPS) is 21.3. The zero-order valence-corrected chi connectivity index (χ0v) is 9.20. The van der Waals surface area contributed by atoms with Crippen molar-refractivity contribution in [2.45, 2.75) is 12.8 Å². The molecule has 0 saturated carbocycles. The molecule has 82 valence electrons. The average molecular weight is 228 g/mol. The molecule has 1 aliphatic rings. The van der Waals surface area contributed by atoms with Gasteiger partial charge in [0.15, 0.2) is 5.15 Å². The van der Waals surface area contributed by atoms with Gasteiger partial charge in [-0.15, -0.1) is 0 Å². The first-order valence-corrected chi connectivity index (χ1v) is 5.53. The molecule has 0 aromatic carbocycles. The smallest absolute Gasteiger partial charge is 0.233 e. The number of nitrogens with zero attached hydrogens (tertiary/aromatic N) is 2. The maximum Gasteiger partial charge on any atom is 0.233 e. The highest BCUT2D eigenvalue weighted by Gasteiger charge is 2.13. The minimum Gasteiger partial charge on any atom is -0.476 e. The van der Waals surface area contributed by atoms with Gasteiger partial charge in [-0.2, -0.15) is 4.98 Å². The van der Waals surface area contributed by atoms with Gasteiger partial charge in [-0.1, -0.05) is 11.6 Å². The highest BCUT2D eigenvalue weighted by molar-refractivity contribution is 6.29. The SMILES string of the molecule is Clc1cncc(OC[C@H]2CCCNC2)n1. The molecule has 0 unspecified atom stereocenters. The Morgan fingerprint density at radius 2 is 2.47 bits per heavy atom. The first kappa shape index (κ1) is 10.6. The Hall–Kier alpha value is -0.870. The van der Waals surface area contributed by atoms with E-state index in [9.17, 15) is 0 Å². The molecular weight excluding hydrogens is 214 g/mol. The van der Waals surface area contributed by atoms with Crippen molar-refractivity contribution in [2.24, 2.45) is 5.92 Å². The molecule has 2 rings (SSSR count). The lowest BCUT2D eigenvalue weighted by molar-refractivity contribution is 0.211. The van der Waals surface area contributed by atoms with Gasteiger partial charge < -0.3 is 10.1 Å². The molecule has 0 bridgehead atoms. The summed E-state index contributed by atoms with van der Waals surface area (Å²) >= 11 is 5.70. The summed E-state index contributed by atoms with van der Waals surface area (Å²) in [4.78, 5) is 7.93. The predicted octanol–water partition coefficient (Wildman–Crippen LogP) is 1.51. The van der Waals surface area contributed by atoms with E-state index in [2.05, 4.69) is 15.3 Å². The Bertz CT molecular complexity index is 315. The largest absolute Gasteiger partial charge is 0.476 e. The molecule has 5 heteroatoms. The topological polar surface area (TPSA) is 47.0 Å². The number of halogens is 1. The third kappa shape index (κ3) is 3.32. The van der Waals surface area contributed by atoms with Gasteiger partial charge >= 0.3 is 0 Å². The predicted molar refractivity (Wildman–Crippen MR) is 58.1 cm³/mol. The minimum absolute atomic E-state index is 0.370. The standard InChI is InChI=1S/C10H14ClN3O/c11-9-5-13-6-10(14-9)15-7-8-2-1-3-12-4-8/h5-6,8,12H,1-4,7H2/t8-/m0/s1. The number of piperidine rings is 1. The number of nitrogens with one attached hydrogen (secondary N) is 1. The van der Waals surface area contributed by atoms with Crippen LogP contribution >= 0.6 is 11.6 Å². The van der Waals surface area contributed by atoms with Crippen molar-refractivity contribution < 1.29 is 4.74 Å². The third-order valence-corrected chi connectivity index (χ3v) is 2.63. The monoisotopic (exact) mass is 227 g/mol. The molecule has 1 aliphatic heterocycles. The van der Waals surface area contributed by atoms with Crippen molar-refractivity contribution in [3.05, 3.63) is 17.5 Å². The summed E-state index contributed by atoms with van der Waals surface area (Å²) in [5.41, 5.74) is 0. The molecule has 0 amide bonds. The van der Waals surface area contributed by atoms with Crippen molar-refractivity contribution in [1.29, 1.82) is 0 Å². The lowest BCUT2D eigenvalue weighted by atomic mass is 10.0. The molecule has 0 radical (unpaired) electrons. The van der Waals surface area contributed by atoms with E-state index in [1.54, 1.807) is 6.20 Å². The zero-order valence-electron chi connectivity index (χ0n) is 8.45. The van der Waals surface area contributed by atoms with Crippen LogP contribution in [0.25, 0.3) is 0 Å². The maximum absolute atomic E-state index is 5.70. The first-order chi connectivity index (χ1) is 7.34. The van der Waals surface area contributed by atoms with Crippen molar-refractivity contribution in [1.82, 2.24) is 15.3 Å². The van der Waals surface area contributed by atoms with Gasteiger partial charge in [-0.3, -0.25) is 4.98 Å². The molecule has 1 aromatic rings. The van der Waals surface area contributed by atoms with Gasteiger partial charge in [-0.05, 0) is 19.4 Å². The van der Waals surface area contributed by atoms with Crippen LogP contribution < -0.4 is 10.1 Å². The summed E-state index contributed by atoms with van der Waals surface area (Å²) in [6, 6.07) is 0. The third-order valence-electron chi connectivity index (χ3n) is 2.45. The summed E-state index contributed by atoms with van der Waals surface area (Å²) in [7, 11) is 0. The lowest BCUT2D eigenvalue weighted by Crippen LogP contribution is -2.33. The second-order valence-corrected chi connectivity index (χ2v) is 4.09. The second-order valence-electron chi connectivity index (χ2n) is 3.70. The Kier molecular flexibility index (Phi) is 3.75. The Morgan fingerprint density at radius 1 is 1.53 bits per heavy atom. The summed E-state index contributed by atoms with van der Waals surface area (Å²) < 4.78 is 5.53. The van der Waals surface area contributed by atoms with Crippen LogP contribution in [-0.2, 0) is 0 Å². The van der Waals surface area contributed by atoms with Gasteiger partial charge in [-0.25, -0.2) is 0 Å². The van der Waals surface area contributed by atoms with Crippen molar-refractivity contribution in [2.75, 3.05) is 19.7 Å². The van der Waals surface area contributed by atoms with E-state index < -0.39 is 0 Å². The van der Waals surface area contributed by atoms with Crippen LogP contribution in [0.3, 0.4) is 0 Å². The Labute approximate surface area is 94.0 Å². The van der Waals surface area contributed by atoms with E-state index >= 15 is 0 Å². The molecule has 2 heterocycles. The van der Waals surface area contributed by atoms with Crippen LogP contribution in [0.15, 0.2) is 12.4 Å². The molecule has 1 N–H and O–H groups in total. The van der Waals surface area contributed by atoms with Crippen LogP contribution in [0.4, 0.5) is 0 Å². The van der Waals surface area contributed by atoms with E-state index in [4.69, 9.17) is 16.3 Å². The van der Waals surface area contributed by atoms with Gasteiger partial charge in [0, 0.05) is 12.5 Å². The fraction of sp³-hybridized carbons (Fsp3) is 0.600. The molecule has 15 heavy (non-hydrogen) atoms. The molecule has 1 fully saturated rings. The lowest BCUT2D eigenvalue weighted by Gasteiger charge is -2.22. The molecule has 0 aliphatic carbocycles. The van der Waals surface area contributed by atoms with Gasteiger partial charge in [0.2, 0.25) is 5.88 Å². The van der Waals surface area contributed by atoms with Crippen LogP contribution in [0.5, 0.6) is 5.88 Å². The highest BCUT2D eigenvalue weighted by atomic mass is 35.5. The van der Waals surface area contributed by atoms with Gasteiger partial charge in [0.05, 0.1) is 19.0 Å². The number of ether oxygens (including phenoxy) is 1. The van der Waals surface area contributed by atoms with Crippen LogP contribution in [0.2, 0.25) is 5.15 Å². The molecule has 1 saturated heterocycles. The van der Waals surface area contributed by atoms with E-state index in [-0.39, 0.29) is 0 Å². The van der Waals surface area contributed by atoms with E-state index in [0.29, 0.717) is 23.6 Å². The number of rotatable bonds is 3. The fourth-order valence-corrected chi connectivity index (χ4v) is 1.80. The fourth-order valence-electron chi connectivity index (χ4n) is 1.66. The average Bonchev–Trinajstić information content (AvgIpc) is 2.28. The second kappa shape index (κ2) is 5.28. The quantitative estimate of drug-likeness (QED) is 0.851. The highest BCUT2D eigenvalue weighted by Crippen LogP contribution is 2.13. The van der Waals surface area contributed by atoms with Crippen molar-refractivity contribution >= 4 is 11.6 Å². The number of hydrogen-bond acceptors (Lipinski definition) is 4. The van der Waals surface area contributed by atoms with Crippen LogP contribution in [0.1, 0.15) is 12.8 Å². The first-order valence-electron chi connectivity index (χ1n) is 5.15. The van der Waals surface area contributed by atoms with Crippen molar-refractivity contribution in [3.8, 4) is 5.88 Å². The number of aromatic nitrogens is 2. The maximum atomic E-state index is 5.70. The van der Waals surface area contributed by atoms with Gasteiger partial charge in [0.25, 0.3) is 0 Å². The van der Waals surface area contributed by atoms with E-state index in [1.807, 2.05) is 0 Å². The molecule has 1 atom stereocenters. The minimum atomic E-state index is 0.370. The molecule has 4 nitrogen and oxygen atoms in total.